The van der Waals surface area contributed by atoms with E-state index in [2.05, 4.69) is 25.9 Å². The Morgan fingerprint density at radius 1 is 0.902 bits per heavy atom. The molecule has 9 heteroatoms. The Hall–Kier alpha value is -4.92. The lowest BCUT2D eigenvalue weighted by atomic mass is 10.1. The second-order valence-corrected chi connectivity index (χ2v) is 10.1. The number of aromatic nitrogens is 2. The molecule has 0 aliphatic rings. The number of carbonyl (C=O) groups is 2. The molecule has 0 saturated carbocycles. The molecule has 5 rings (SSSR count). The zero-order chi connectivity index (χ0) is 28.8. The fourth-order valence-corrected chi connectivity index (χ4v) is 4.50. The van der Waals surface area contributed by atoms with Crippen molar-refractivity contribution in [2.24, 2.45) is 0 Å². The minimum Gasteiger partial charge on any atom is -0.361 e. The number of likely N-dealkylation sites (N-methyl/N-ethyl adjacent to an activating group) is 1. The van der Waals surface area contributed by atoms with Crippen LogP contribution in [0.5, 0.6) is 0 Å². The lowest BCUT2D eigenvalue weighted by Gasteiger charge is -2.11. The summed E-state index contributed by atoms with van der Waals surface area (Å²) in [7, 11) is 3.86. The molecule has 2 aromatic heterocycles. The molecule has 2 heterocycles. The van der Waals surface area contributed by atoms with Crippen molar-refractivity contribution in [3.05, 3.63) is 114 Å². The average Bonchev–Trinajstić information content (AvgIpc) is 3.38. The van der Waals surface area contributed by atoms with Crippen LogP contribution in [0.25, 0.3) is 22.0 Å². The Balaban J connectivity index is 1.24. The van der Waals surface area contributed by atoms with E-state index in [0.717, 1.165) is 27.7 Å². The first-order valence-corrected chi connectivity index (χ1v) is 13.4. The number of fused-ring (bicyclic) bond motifs is 1. The number of nitrogens with one attached hydrogen (secondary N) is 4. The maximum Gasteiger partial charge on any atom is 0.255 e. The van der Waals surface area contributed by atoms with Crippen molar-refractivity contribution < 1.29 is 9.59 Å². The van der Waals surface area contributed by atoms with Gasteiger partial charge in [-0.3, -0.25) is 9.59 Å². The van der Waals surface area contributed by atoms with Crippen molar-refractivity contribution in [1.29, 1.82) is 0 Å². The molecule has 5 aromatic rings. The highest BCUT2D eigenvalue weighted by atomic mass is 35.5. The molecule has 3 aromatic carbocycles. The van der Waals surface area contributed by atoms with Gasteiger partial charge in [0, 0.05) is 69.7 Å². The van der Waals surface area contributed by atoms with Gasteiger partial charge in [0.1, 0.15) is 5.82 Å². The zero-order valence-electron chi connectivity index (χ0n) is 22.6. The zero-order valence-corrected chi connectivity index (χ0v) is 23.4. The number of para-hydroxylation sites is 1. The fraction of sp³-hybridized carbons (Fsp3) is 0.0938. The summed E-state index contributed by atoms with van der Waals surface area (Å²) in [4.78, 5) is 34.6. The normalized spacial score (nSPS) is 11.2. The number of carbonyl (C=O) groups excluding carboxylic acids is 2. The number of nitrogens with zero attached hydrogens (tertiary/aromatic N) is 2. The molecule has 41 heavy (non-hydrogen) atoms. The largest absolute Gasteiger partial charge is 0.361 e. The number of rotatable bonds is 9. The smallest absolute Gasteiger partial charge is 0.255 e. The number of hydrogen-bond donors (Lipinski definition) is 4. The lowest BCUT2D eigenvalue weighted by Crippen LogP contribution is -2.13. The fourth-order valence-electron chi connectivity index (χ4n) is 4.29. The van der Waals surface area contributed by atoms with Crippen LogP contribution in [-0.4, -0.2) is 47.3 Å². The Kier molecular flexibility index (Phi) is 8.43. The van der Waals surface area contributed by atoms with Crippen molar-refractivity contribution >= 4 is 57.2 Å². The second-order valence-electron chi connectivity index (χ2n) is 9.69. The minimum absolute atomic E-state index is 0.225. The summed E-state index contributed by atoms with van der Waals surface area (Å²) in [6, 6.07) is 24.0. The van der Waals surface area contributed by atoms with Crippen LogP contribution in [0.3, 0.4) is 0 Å². The molecule has 0 saturated heterocycles. The number of hydrogen-bond acceptors (Lipinski definition) is 5. The van der Waals surface area contributed by atoms with Crippen molar-refractivity contribution in [2.45, 2.75) is 0 Å². The molecule has 0 fully saturated rings. The lowest BCUT2D eigenvalue weighted by molar-refractivity contribution is -0.111. The number of pyridine rings is 1. The third-order valence-corrected chi connectivity index (χ3v) is 6.58. The number of benzene rings is 3. The number of amides is 2. The monoisotopic (exact) mass is 564 g/mol. The summed E-state index contributed by atoms with van der Waals surface area (Å²) in [6.07, 6.45) is 6.84. The molecule has 0 aliphatic carbocycles. The Bertz CT molecular complexity index is 1730. The Labute approximate surface area is 243 Å². The molecule has 0 bridgehead atoms. The van der Waals surface area contributed by atoms with Crippen LogP contribution in [0.1, 0.15) is 10.4 Å². The van der Waals surface area contributed by atoms with Gasteiger partial charge in [-0.05, 0) is 68.7 Å². The van der Waals surface area contributed by atoms with Gasteiger partial charge < -0.3 is 25.8 Å². The Morgan fingerprint density at radius 3 is 2.49 bits per heavy atom. The van der Waals surface area contributed by atoms with Gasteiger partial charge in [0.2, 0.25) is 5.91 Å². The SMILES string of the molecule is CN(C)CC=CC(=O)Nc1ccc(C(=O)Nc2cccc(Nc3cc(-c4c[nH]c5ccccc45)c(Cl)cn3)c2)cc1. The van der Waals surface area contributed by atoms with E-state index in [4.69, 9.17) is 11.6 Å². The number of aromatic amines is 1. The topological polar surface area (TPSA) is 102 Å². The third kappa shape index (κ3) is 7.00. The van der Waals surface area contributed by atoms with E-state index in [0.29, 0.717) is 34.3 Å². The van der Waals surface area contributed by atoms with Crippen LogP contribution >= 0.6 is 11.6 Å². The summed E-state index contributed by atoms with van der Waals surface area (Å²) in [5.41, 5.74) is 5.32. The molecular formula is C32H29ClN6O2. The van der Waals surface area contributed by atoms with E-state index in [1.54, 1.807) is 36.5 Å². The molecular weight excluding hydrogens is 536 g/mol. The van der Waals surface area contributed by atoms with Crippen LogP contribution in [0.4, 0.5) is 22.9 Å². The van der Waals surface area contributed by atoms with Crippen LogP contribution in [0.2, 0.25) is 5.02 Å². The molecule has 0 atom stereocenters. The molecule has 0 radical (unpaired) electrons. The molecule has 0 aliphatic heterocycles. The van der Waals surface area contributed by atoms with Gasteiger partial charge in [0.25, 0.3) is 5.91 Å². The van der Waals surface area contributed by atoms with Gasteiger partial charge >= 0.3 is 0 Å². The van der Waals surface area contributed by atoms with Crippen LogP contribution in [0.15, 0.2) is 103 Å². The van der Waals surface area contributed by atoms with E-state index in [1.807, 2.05) is 79.8 Å². The average molecular weight is 565 g/mol. The number of anilines is 4. The Morgan fingerprint density at radius 2 is 1.68 bits per heavy atom. The summed E-state index contributed by atoms with van der Waals surface area (Å²) >= 11 is 6.52. The van der Waals surface area contributed by atoms with Crippen molar-refractivity contribution in [3.8, 4) is 11.1 Å². The van der Waals surface area contributed by atoms with Crippen LogP contribution < -0.4 is 16.0 Å². The van der Waals surface area contributed by atoms with Gasteiger partial charge in [-0.15, -0.1) is 0 Å². The molecule has 8 nitrogen and oxygen atoms in total. The van der Waals surface area contributed by atoms with Gasteiger partial charge in [-0.2, -0.15) is 0 Å². The van der Waals surface area contributed by atoms with Gasteiger partial charge in [-0.25, -0.2) is 4.98 Å². The second kappa shape index (κ2) is 12.5. The molecule has 2 amide bonds. The minimum atomic E-state index is -0.267. The highest BCUT2D eigenvalue weighted by Gasteiger charge is 2.12. The van der Waals surface area contributed by atoms with Gasteiger partial charge in [0.15, 0.2) is 0 Å². The van der Waals surface area contributed by atoms with E-state index >= 15 is 0 Å². The maximum atomic E-state index is 12.9. The maximum absolute atomic E-state index is 12.9. The molecule has 0 unspecified atom stereocenters. The first-order chi connectivity index (χ1) is 19.9. The highest BCUT2D eigenvalue weighted by Crippen LogP contribution is 2.35. The van der Waals surface area contributed by atoms with Crippen molar-refractivity contribution in [3.63, 3.8) is 0 Å². The van der Waals surface area contributed by atoms with Crippen LogP contribution in [0, 0.1) is 0 Å². The molecule has 0 spiro atoms. The van der Waals surface area contributed by atoms with Gasteiger partial charge in [0.05, 0.1) is 5.02 Å². The van der Waals surface area contributed by atoms with E-state index in [1.165, 1.54) is 6.08 Å². The first kappa shape index (κ1) is 27.6. The van der Waals surface area contributed by atoms with E-state index in [9.17, 15) is 9.59 Å². The summed E-state index contributed by atoms with van der Waals surface area (Å²) in [6.45, 7) is 0.672. The molecule has 4 N–H and O–H groups in total. The predicted octanol–water partition coefficient (Wildman–Crippen LogP) is 6.94. The quantitative estimate of drug-likeness (QED) is 0.145. The van der Waals surface area contributed by atoms with E-state index in [-0.39, 0.29) is 11.8 Å². The first-order valence-electron chi connectivity index (χ1n) is 13.0. The van der Waals surface area contributed by atoms with E-state index < -0.39 is 0 Å². The number of halogens is 1. The van der Waals surface area contributed by atoms with Gasteiger partial charge in [-0.1, -0.05) is 41.9 Å². The number of H-pyrrole nitrogens is 1. The van der Waals surface area contributed by atoms with Crippen molar-refractivity contribution in [1.82, 2.24) is 14.9 Å². The standard InChI is InChI=1S/C32H29ClN6O2/c1-39(2)16-6-11-31(40)37-22-14-12-21(13-15-22)32(41)38-24-8-5-7-23(17-24)36-30-18-26(28(33)20-35-30)27-19-34-29-10-4-3-9-25(27)29/h3-15,17-20,34H,16H2,1-2H3,(H,35,36)(H,37,40)(H,38,41). The molecule has 206 valence electrons. The summed E-state index contributed by atoms with van der Waals surface area (Å²) < 4.78 is 0. The predicted molar refractivity (Wildman–Crippen MR) is 167 cm³/mol. The summed E-state index contributed by atoms with van der Waals surface area (Å²) in [5.74, 6) is 0.126. The van der Waals surface area contributed by atoms with Crippen LogP contribution in [-0.2, 0) is 4.79 Å². The summed E-state index contributed by atoms with van der Waals surface area (Å²) in [5, 5.41) is 10.6. The highest BCUT2D eigenvalue weighted by molar-refractivity contribution is 6.33. The third-order valence-electron chi connectivity index (χ3n) is 6.28. The van der Waals surface area contributed by atoms with Crippen molar-refractivity contribution in [2.75, 3.05) is 36.6 Å².